The monoisotopic (exact) mass is 285 g/mol. The van der Waals surface area contributed by atoms with Crippen molar-refractivity contribution in [2.24, 2.45) is 7.05 Å². The highest BCUT2D eigenvalue weighted by Gasteiger charge is 2.08. The van der Waals surface area contributed by atoms with Gasteiger partial charge in [0.15, 0.2) is 5.69 Å². The summed E-state index contributed by atoms with van der Waals surface area (Å²) in [6.45, 7) is 1.34. The van der Waals surface area contributed by atoms with Crippen LogP contribution < -0.4 is 5.32 Å². The van der Waals surface area contributed by atoms with Crippen molar-refractivity contribution in [2.45, 2.75) is 13.1 Å². The molecular formula is C14H15N5O2. The van der Waals surface area contributed by atoms with Crippen molar-refractivity contribution in [3.05, 3.63) is 54.0 Å². The number of aromatic nitrogens is 4. The molecule has 0 fully saturated rings. The molecule has 2 N–H and O–H groups in total. The van der Waals surface area contributed by atoms with Crippen molar-refractivity contribution in [1.82, 2.24) is 24.3 Å². The van der Waals surface area contributed by atoms with Crippen molar-refractivity contribution in [3.63, 3.8) is 0 Å². The van der Waals surface area contributed by atoms with Crippen LogP contribution in [0.1, 0.15) is 21.9 Å². The second kappa shape index (κ2) is 5.37. The molecule has 108 valence electrons. The van der Waals surface area contributed by atoms with Crippen molar-refractivity contribution in [1.29, 1.82) is 0 Å². The standard InChI is InChI=1S/C14H15N5O2/c1-18-5-4-16-13(18)7-15-6-10-2-3-12-17-11(14(20)21)9-19(12)8-10/h2-5,8-9,15H,6-7H2,1H3,(H,20,21). The number of nitrogens with one attached hydrogen (secondary N) is 1. The second-order valence-electron chi connectivity index (χ2n) is 4.79. The van der Waals surface area contributed by atoms with Gasteiger partial charge in [-0.05, 0) is 11.6 Å². The number of fused-ring (bicyclic) bond motifs is 1. The minimum absolute atomic E-state index is 0.0492. The third-order valence-electron chi connectivity index (χ3n) is 3.26. The van der Waals surface area contributed by atoms with Crippen molar-refractivity contribution < 1.29 is 9.90 Å². The van der Waals surface area contributed by atoms with E-state index in [1.54, 1.807) is 10.6 Å². The average Bonchev–Trinajstić information content (AvgIpc) is 3.05. The van der Waals surface area contributed by atoms with Crippen LogP contribution in [0.5, 0.6) is 0 Å². The number of hydrogen-bond donors (Lipinski definition) is 2. The van der Waals surface area contributed by atoms with Gasteiger partial charge in [0.1, 0.15) is 11.5 Å². The van der Waals surface area contributed by atoms with Gasteiger partial charge < -0.3 is 19.4 Å². The summed E-state index contributed by atoms with van der Waals surface area (Å²) in [7, 11) is 1.95. The van der Waals surface area contributed by atoms with Gasteiger partial charge in [0.05, 0.1) is 6.54 Å². The summed E-state index contributed by atoms with van der Waals surface area (Å²) in [4.78, 5) is 19.1. The lowest BCUT2D eigenvalue weighted by molar-refractivity contribution is 0.0691. The molecule has 3 aromatic heterocycles. The second-order valence-corrected chi connectivity index (χ2v) is 4.79. The molecule has 0 radical (unpaired) electrons. The number of nitrogens with zero attached hydrogens (tertiary/aromatic N) is 4. The number of hydrogen-bond acceptors (Lipinski definition) is 4. The van der Waals surface area contributed by atoms with E-state index < -0.39 is 5.97 Å². The Hall–Kier alpha value is -2.67. The van der Waals surface area contributed by atoms with Crippen LogP contribution in [0.15, 0.2) is 36.9 Å². The maximum atomic E-state index is 10.9. The predicted molar refractivity (Wildman–Crippen MR) is 75.9 cm³/mol. The van der Waals surface area contributed by atoms with Gasteiger partial charge in [-0.3, -0.25) is 0 Å². The molecule has 0 saturated heterocycles. The van der Waals surface area contributed by atoms with E-state index in [0.717, 1.165) is 11.4 Å². The first kappa shape index (κ1) is 13.3. The van der Waals surface area contributed by atoms with Crippen LogP contribution in [0, 0.1) is 0 Å². The van der Waals surface area contributed by atoms with Gasteiger partial charge in [0.2, 0.25) is 0 Å². The van der Waals surface area contributed by atoms with E-state index in [2.05, 4.69) is 15.3 Å². The van der Waals surface area contributed by atoms with E-state index in [1.165, 1.54) is 6.20 Å². The predicted octanol–water partition coefficient (Wildman–Crippen LogP) is 1.06. The Balaban J connectivity index is 1.69. The summed E-state index contributed by atoms with van der Waals surface area (Å²) in [5.41, 5.74) is 1.72. The summed E-state index contributed by atoms with van der Waals surface area (Å²) < 4.78 is 3.69. The molecule has 0 spiro atoms. The topological polar surface area (TPSA) is 84.5 Å². The number of aryl methyl sites for hydroxylation is 1. The molecule has 0 amide bonds. The number of carboxylic acids is 1. The molecule has 7 nitrogen and oxygen atoms in total. The molecular weight excluding hydrogens is 270 g/mol. The smallest absolute Gasteiger partial charge is 0.356 e. The molecule has 0 saturated carbocycles. The summed E-state index contributed by atoms with van der Waals surface area (Å²) >= 11 is 0. The first-order valence-corrected chi connectivity index (χ1v) is 6.51. The van der Waals surface area contributed by atoms with Gasteiger partial charge in [0, 0.05) is 38.4 Å². The first-order chi connectivity index (χ1) is 10.1. The Kier molecular flexibility index (Phi) is 3.41. The first-order valence-electron chi connectivity index (χ1n) is 6.51. The minimum Gasteiger partial charge on any atom is -0.476 e. The van der Waals surface area contributed by atoms with Gasteiger partial charge in [-0.15, -0.1) is 0 Å². The number of rotatable bonds is 5. The molecule has 3 rings (SSSR count). The number of imidazole rings is 2. The Labute approximate surface area is 120 Å². The van der Waals surface area contributed by atoms with Crippen LogP contribution in [-0.4, -0.2) is 30.0 Å². The highest BCUT2D eigenvalue weighted by molar-refractivity contribution is 5.86. The highest BCUT2D eigenvalue weighted by Crippen LogP contribution is 2.08. The minimum atomic E-state index is -1.02. The molecule has 3 aromatic rings. The van der Waals surface area contributed by atoms with E-state index >= 15 is 0 Å². The van der Waals surface area contributed by atoms with Crippen molar-refractivity contribution in [3.8, 4) is 0 Å². The molecule has 0 aromatic carbocycles. The van der Waals surface area contributed by atoms with Crippen LogP contribution in [0.3, 0.4) is 0 Å². The Bertz CT molecular complexity index is 790. The van der Waals surface area contributed by atoms with Gasteiger partial charge in [-0.2, -0.15) is 0 Å². The van der Waals surface area contributed by atoms with Gasteiger partial charge in [0.25, 0.3) is 0 Å². The van der Waals surface area contributed by atoms with Gasteiger partial charge >= 0.3 is 5.97 Å². The molecule has 0 unspecified atom stereocenters. The quantitative estimate of drug-likeness (QED) is 0.732. The molecule has 21 heavy (non-hydrogen) atoms. The Morgan fingerprint density at radius 1 is 1.33 bits per heavy atom. The molecule has 0 aliphatic carbocycles. The van der Waals surface area contributed by atoms with Crippen LogP contribution >= 0.6 is 0 Å². The lowest BCUT2D eigenvalue weighted by Gasteiger charge is -2.05. The number of pyridine rings is 1. The number of carbonyl (C=O) groups is 1. The molecule has 0 bridgehead atoms. The summed E-state index contributed by atoms with van der Waals surface area (Å²) in [5, 5.41) is 12.2. The van der Waals surface area contributed by atoms with Crippen LogP contribution in [0.25, 0.3) is 5.65 Å². The van der Waals surface area contributed by atoms with Gasteiger partial charge in [-0.25, -0.2) is 14.8 Å². The molecule has 0 atom stereocenters. The van der Waals surface area contributed by atoms with Gasteiger partial charge in [-0.1, -0.05) is 6.07 Å². The number of aromatic carboxylic acids is 1. The SMILES string of the molecule is Cn1ccnc1CNCc1ccc2nc(C(=O)O)cn2c1. The zero-order valence-corrected chi connectivity index (χ0v) is 11.5. The fraction of sp³-hybridized carbons (Fsp3) is 0.214. The Morgan fingerprint density at radius 3 is 2.90 bits per heavy atom. The lowest BCUT2D eigenvalue weighted by atomic mass is 10.3. The van der Waals surface area contributed by atoms with Crippen molar-refractivity contribution >= 4 is 11.6 Å². The highest BCUT2D eigenvalue weighted by atomic mass is 16.4. The average molecular weight is 285 g/mol. The fourth-order valence-electron chi connectivity index (χ4n) is 2.13. The van der Waals surface area contributed by atoms with Crippen LogP contribution in [0.4, 0.5) is 0 Å². The third kappa shape index (κ3) is 2.77. The molecule has 0 aliphatic rings. The zero-order chi connectivity index (χ0) is 14.8. The summed E-state index contributed by atoms with van der Waals surface area (Å²) in [6.07, 6.45) is 7.06. The molecule has 7 heteroatoms. The van der Waals surface area contributed by atoms with Crippen LogP contribution in [0.2, 0.25) is 0 Å². The summed E-state index contributed by atoms with van der Waals surface area (Å²) in [5.74, 6) is -0.0555. The van der Waals surface area contributed by atoms with Crippen molar-refractivity contribution in [2.75, 3.05) is 0 Å². The van der Waals surface area contributed by atoms with E-state index in [9.17, 15) is 4.79 Å². The lowest BCUT2D eigenvalue weighted by Crippen LogP contribution is -2.15. The molecule has 3 heterocycles. The van der Waals surface area contributed by atoms with E-state index in [4.69, 9.17) is 5.11 Å². The van der Waals surface area contributed by atoms with E-state index in [1.807, 2.05) is 36.1 Å². The third-order valence-corrected chi connectivity index (χ3v) is 3.26. The zero-order valence-electron chi connectivity index (χ0n) is 11.5. The fourth-order valence-corrected chi connectivity index (χ4v) is 2.13. The van der Waals surface area contributed by atoms with Crippen LogP contribution in [-0.2, 0) is 20.1 Å². The largest absolute Gasteiger partial charge is 0.476 e. The molecule has 0 aliphatic heterocycles. The summed E-state index contributed by atoms with van der Waals surface area (Å²) in [6, 6.07) is 3.74. The number of carboxylic acid groups (broad SMARTS) is 1. The normalized spacial score (nSPS) is 11.1. The Morgan fingerprint density at radius 2 is 2.19 bits per heavy atom. The van der Waals surface area contributed by atoms with E-state index in [0.29, 0.717) is 18.7 Å². The maximum Gasteiger partial charge on any atom is 0.356 e. The van der Waals surface area contributed by atoms with E-state index in [-0.39, 0.29) is 5.69 Å². The maximum absolute atomic E-state index is 10.9.